The zero-order chi connectivity index (χ0) is 14.5. The largest absolute Gasteiger partial charge is 0.399 e. The molecular formula is C16H20IN3. The molecule has 0 atom stereocenters. The molecule has 3 N–H and O–H groups in total. The van der Waals surface area contributed by atoms with E-state index in [1.165, 1.54) is 5.69 Å². The van der Waals surface area contributed by atoms with Crippen LogP contribution in [0.15, 0.2) is 42.5 Å². The molecule has 0 saturated heterocycles. The van der Waals surface area contributed by atoms with Gasteiger partial charge in [0.2, 0.25) is 0 Å². The van der Waals surface area contributed by atoms with Crippen molar-refractivity contribution in [2.45, 2.75) is 13.8 Å². The molecule has 0 aliphatic heterocycles. The average molecular weight is 381 g/mol. The van der Waals surface area contributed by atoms with Crippen molar-refractivity contribution in [3.8, 4) is 0 Å². The van der Waals surface area contributed by atoms with Crippen molar-refractivity contribution in [1.82, 2.24) is 0 Å². The van der Waals surface area contributed by atoms with E-state index in [9.17, 15) is 0 Å². The summed E-state index contributed by atoms with van der Waals surface area (Å²) in [4.78, 5) is 2.33. The first kappa shape index (κ1) is 15.0. The molecule has 0 amide bonds. The number of hydrogen-bond donors (Lipinski definition) is 2. The van der Waals surface area contributed by atoms with Crippen molar-refractivity contribution < 1.29 is 0 Å². The van der Waals surface area contributed by atoms with E-state index in [0.717, 1.165) is 33.7 Å². The first-order chi connectivity index (χ1) is 9.63. The predicted molar refractivity (Wildman–Crippen MR) is 96.9 cm³/mol. The van der Waals surface area contributed by atoms with Crippen molar-refractivity contribution in [2.75, 3.05) is 29.0 Å². The monoisotopic (exact) mass is 381 g/mol. The van der Waals surface area contributed by atoms with Gasteiger partial charge in [-0.2, -0.15) is 0 Å². The molecule has 0 spiro atoms. The van der Waals surface area contributed by atoms with E-state index in [1.807, 2.05) is 18.2 Å². The number of halogens is 1. The van der Waals surface area contributed by atoms with Crippen LogP contribution in [0.25, 0.3) is 0 Å². The highest BCUT2D eigenvalue weighted by molar-refractivity contribution is 14.1. The van der Waals surface area contributed by atoms with Gasteiger partial charge in [-0.1, -0.05) is 0 Å². The Bertz CT molecular complexity index is 562. The summed E-state index contributed by atoms with van der Waals surface area (Å²) in [5.74, 6) is 0. The molecule has 0 heterocycles. The fourth-order valence-electron chi connectivity index (χ4n) is 2.13. The summed E-state index contributed by atoms with van der Waals surface area (Å²) in [6.07, 6.45) is 0. The summed E-state index contributed by atoms with van der Waals surface area (Å²) >= 11 is 2.29. The van der Waals surface area contributed by atoms with Gasteiger partial charge in [0.15, 0.2) is 0 Å². The summed E-state index contributed by atoms with van der Waals surface area (Å²) in [7, 11) is 0. The molecule has 0 radical (unpaired) electrons. The van der Waals surface area contributed by atoms with Gasteiger partial charge in [-0.05, 0) is 78.9 Å². The number of nitrogens with one attached hydrogen (secondary N) is 1. The van der Waals surface area contributed by atoms with Crippen LogP contribution in [0, 0.1) is 3.57 Å². The zero-order valence-electron chi connectivity index (χ0n) is 11.9. The fraction of sp³-hybridized carbons (Fsp3) is 0.250. The maximum absolute atomic E-state index is 5.77. The number of hydrogen-bond acceptors (Lipinski definition) is 3. The smallest absolute Gasteiger partial charge is 0.0521 e. The summed E-state index contributed by atoms with van der Waals surface area (Å²) in [5.41, 5.74) is 9.98. The molecular weight excluding hydrogens is 361 g/mol. The first-order valence-corrected chi connectivity index (χ1v) is 7.89. The van der Waals surface area contributed by atoms with Crippen molar-refractivity contribution in [3.63, 3.8) is 0 Å². The highest BCUT2D eigenvalue weighted by Crippen LogP contribution is 2.26. The molecule has 0 fully saturated rings. The Morgan fingerprint density at radius 3 is 2.25 bits per heavy atom. The minimum Gasteiger partial charge on any atom is -0.399 e. The molecule has 2 rings (SSSR count). The van der Waals surface area contributed by atoms with E-state index < -0.39 is 0 Å². The third kappa shape index (κ3) is 3.56. The van der Waals surface area contributed by atoms with E-state index in [2.05, 4.69) is 70.9 Å². The number of nitrogens with zero attached hydrogens (tertiary/aromatic N) is 1. The number of nitrogen functional groups attached to an aromatic ring is 1. The van der Waals surface area contributed by atoms with Gasteiger partial charge in [0.05, 0.1) is 5.69 Å². The zero-order valence-corrected chi connectivity index (χ0v) is 14.0. The molecule has 20 heavy (non-hydrogen) atoms. The molecule has 0 saturated carbocycles. The maximum Gasteiger partial charge on any atom is 0.0521 e. The highest BCUT2D eigenvalue weighted by Gasteiger charge is 2.03. The van der Waals surface area contributed by atoms with Crippen molar-refractivity contribution >= 4 is 45.3 Å². The van der Waals surface area contributed by atoms with Crippen LogP contribution < -0.4 is 16.0 Å². The van der Waals surface area contributed by atoms with Crippen LogP contribution in [-0.4, -0.2) is 13.1 Å². The van der Waals surface area contributed by atoms with Gasteiger partial charge in [-0.15, -0.1) is 0 Å². The van der Waals surface area contributed by atoms with Gasteiger partial charge >= 0.3 is 0 Å². The third-order valence-corrected chi connectivity index (χ3v) is 4.16. The Labute approximate surface area is 134 Å². The maximum atomic E-state index is 5.77. The molecule has 2 aromatic carbocycles. The summed E-state index contributed by atoms with van der Waals surface area (Å²) in [6.45, 7) is 6.40. The van der Waals surface area contributed by atoms with Gasteiger partial charge in [0.25, 0.3) is 0 Å². The van der Waals surface area contributed by atoms with Crippen molar-refractivity contribution in [2.24, 2.45) is 0 Å². The second-order valence-electron chi connectivity index (χ2n) is 4.58. The Kier molecular flexibility index (Phi) is 5.11. The summed E-state index contributed by atoms with van der Waals surface area (Å²) < 4.78 is 1.12. The molecule has 106 valence electrons. The normalized spacial score (nSPS) is 10.3. The number of rotatable bonds is 5. The van der Waals surface area contributed by atoms with Crippen LogP contribution in [0.2, 0.25) is 0 Å². The quantitative estimate of drug-likeness (QED) is 0.594. The molecule has 0 unspecified atom stereocenters. The summed E-state index contributed by atoms with van der Waals surface area (Å²) in [6, 6.07) is 14.4. The molecule has 0 aromatic heterocycles. The lowest BCUT2D eigenvalue weighted by molar-refractivity contribution is 0.866. The highest BCUT2D eigenvalue weighted by atomic mass is 127. The van der Waals surface area contributed by atoms with E-state index >= 15 is 0 Å². The van der Waals surface area contributed by atoms with Gasteiger partial charge < -0.3 is 16.0 Å². The lowest BCUT2D eigenvalue weighted by Gasteiger charge is -2.21. The van der Waals surface area contributed by atoms with Crippen LogP contribution in [0.5, 0.6) is 0 Å². The fourth-order valence-corrected chi connectivity index (χ4v) is 2.81. The Morgan fingerprint density at radius 2 is 1.70 bits per heavy atom. The second-order valence-corrected chi connectivity index (χ2v) is 5.75. The van der Waals surface area contributed by atoms with E-state index in [1.54, 1.807) is 0 Å². The van der Waals surface area contributed by atoms with E-state index in [4.69, 9.17) is 5.73 Å². The molecule has 0 aliphatic carbocycles. The molecule has 2 aromatic rings. The SMILES string of the molecule is CCN(CC)c1ccc(Nc2ccc(N)cc2I)cc1. The lowest BCUT2D eigenvalue weighted by atomic mass is 10.2. The summed E-state index contributed by atoms with van der Waals surface area (Å²) in [5, 5.41) is 3.42. The van der Waals surface area contributed by atoms with Crippen LogP contribution in [0.3, 0.4) is 0 Å². The van der Waals surface area contributed by atoms with Crippen molar-refractivity contribution in [3.05, 3.63) is 46.0 Å². The standard InChI is InChI=1S/C16H20IN3/c1-3-20(4-2)14-8-6-13(7-9-14)19-16-10-5-12(18)11-15(16)17/h5-11,19H,3-4,18H2,1-2H3. The van der Waals surface area contributed by atoms with Gasteiger partial charge in [-0.3, -0.25) is 0 Å². The van der Waals surface area contributed by atoms with E-state index in [-0.39, 0.29) is 0 Å². The average Bonchev–Trinajstić information content (AvgIpc) is 2.45. The van der Waals surface area contributed by atoms with Crippen LogP contribution in [0.4, 0.5) is 22.7 Å². The molecule has 0 aliphatic rings. The van der Waals surface area contributed by atoms with Crippen molar-refractivity contribution in [1.29, 1.82) is 0 Å². The second kappa shape index (κ2) is 6.83. The Morgan fingerprint density at radius 1 is 1.05 bits per heavy atom. The Balaban J connectivity index is 2.14. The Hall–Kier alpha value is -1.43. The predicted octanol–water partition coefficient (Wildman–Crippen LogP) is 4.46. The van der Waals surface area contributed by atoms with Gasteiger partial charge in [-0.25, -0.2) is 0 Å². The van der Waals surface area contributed by atoms with Gasteiger partial charge in [0.1, 0.15) is 0 Å². The molecule has 4 heteroatoms. The topological polar surface area (TPSA) is 41.3 Å². The van der Waals surface area contributed by atoms with Crippen LogP contribution >= 0.6 is 22.6 Å². The minimum absolute atomic E-state index is 0.789. The van der Waals surface area contributed by atoms with E-state index in [0.29, 0.717) is 0 Å². The number of anilines is 4. The first-order valence-electron chi connectivity index (χ1n) is 6.81. The van der Waals surface area contributed by atoms with Crippen LogP contribution in [-0.2, 0) is 0 Å². The lowest BCUT2D eigenvalue weighted by Crippen LogP contribution is -2.21. The minimum atomic E-state index is 0.789. The molecule has 0 bridgehead atoms. The van der Waals surface area contributed by atoms with Gasteiger partial charge in [0, 0.05) is 33.7 Å². The van der Waals surface area contributed by atoms with Crippen LogP contribution in [0.1, 0.15) is 13.8 Å². The number of nitrogens with two attached hydrogens (primary N) is 1. The third-order valence-electron chi connectivity index (χ3n) is 3.27. The number of benzene rings is 2. The molecule has 3 nitrogen and oxygen atoms in total.